The lowest BCUT2D eigenvalue weighted by Gasteiger charge is -2.22. The van der Waals surface area contributed by atoms with E-state index in [1.165, 1.54) is 12.3 Å². The lowest BCUT2D eigenvalue weighted by molar-refractivity contribution is -0.128. The van der Waals surface area contributed by atoms with Crippen LogP contribution in [0.25, 0.3) is 0 Å². The van der Waals surface area contributed by atoms with Gasteiger partial charge in [-0.25, -0.2) is 0 Å². The summed E-state index contributed by atoms with van der Waals surface area (Å²) < 4.78 is 5.31. The Labute approximate surface area is 76.8 Å². The molecule has 0 saturated carbocycles. The number of hydrogen-bond acceptors (Lipinski definition) is 2. The highest BCUT2D eigenvalue weighted by atomic mass is 16.5. The van der Waals surface area contributed by atoms with Crippen LogP contribution >= 0.6 is 0 Å². The summed E-state index contributed by atoms with van der Waals surface area (Å²) in [6.45, 7) is 1.78. The molecule has 1 aromatic rings. The summed E-state index contributed by atoms with van der Waals surface area (Å²) in [4.78, 5) is 11.5. The fourth-order valence-electron chi connectivity index (χ4n) is 1.42. The van der Waals surface area contributed by atoms with Gasteiger partial charge < -0.3 is 4.74 Å². The highest BCUT2D eigenvalue weighted by molar-refractivity contribution is 5.98. The maximum absolute atomic E-state index is 11.5. The SMILES string of the molecule is CC1(c2ccccc2)OC=CC1=O. The molecule has 1 heterocycles. The predicted molar refractivity (Wildman–Crippen MR) is 49.0 cm³/mol. The first-order chi connectivity index (χ1) is 6.23. The Balaban J connectivity index is 2.42. The Kier molecular flexibility index (Phi) is 1.69. The maximum Gasteiger partial charge on any atom is 0.206 e. The molecule has 0 aromatic heterocycles. The molecule has 2 rings (SSSR count). The summed E-state index contributed by atoms with van der Waals surface area (Å²) in [7, 11) is 0. The third-order valence-electron chi connectivity index (χ3n) is 2.32. The minimum absolute atomic E-state index is 0.00120. The molecular weight excluding hydrogens is 164 g/mol. The normalized spacial score (nSPS) is 26.1. The minimum Gasteiger partial charge on any atom is -0.482 e. The number of rotatable bonds is 1. The summed E-state index contributed by atoms with van der Waals surface area (Å²) >= 11 is 0. The predicted octanol–water partition coefficient (Wildman–Crippen LogP) is 2.01. The third-order valence-corrected chi connectivity index (χ3v) is 2.32. The molecule has 2 nitrogen and oxygen atoms in total. The van der Waals surface area contributed by atoms with Crippen molar-refractivity contribution < 1.29 is 9.53 Å². The van der Waals surface area contributed by atoms with E-state index in [1.807, 2.05) is 30.3 Å². The van der Waals surface area contributed by atoms with E-state index in [9.17, 15) is 4.79 Å². The highest BCUT2D eigenvalue weighted by Gasteiger charge is 2.37. The van der Waals surface area contributed by atoms with Crippen molar-refractivity contribution in [2.45, 2.75) is 12.5 Å². The second kappa shape index (κ2) is 2.73. The van der Waals surface area contributed by atoms with Gasteiger partial charge in [0.15, 0.2) is 5.60 Å². The molecule has 1 atom stereocenters. The van der Waals surface area contributed by atoms with Gasteiger partial charge in [-0.05, 0) is 6.92 Å². The van der Waals surface area contributed by atoms with E-state index in [4.69, 9.17) is 4.74 Å². The van der Waals surface area contributed by atoms with Crippen LogP contribution in [0.3, 0.4) is 0 Å². The van der Waals surface area contributed by atoms with E-state index in [0.717, 1.165) is 5.56 Å². The largest absolute Gasteiger partial charge is 0.482 e. The average molecular weight is 174 g/mol. The molecule has 1 unspecified atom stereocenters. The van der Waals surface area contributed by atoms with Gasteiger partial charge in [-0.3, -0.25) is 4.79 Å². The first kappa shape index (κ1) is 8.05. The Morgan fingerprint density at radius 1 is 1.23 bits per heavy atom. The maximum atomic E-state index is 11.5. The second-order valence-electron chi connectivity index (χ2n) is 3.18. The van der Waals surface area contributed by atoms with Crippen molar-refractivity contribution >= 4 is 5.78 Å². The molecule has 0 aliphatic carbocycles. The molecular formula is C11H10O2. The molecule has 0 spiro atoms. The van der Waals surface area contributed by atoms with Crippen LogP contribution in [0.1, 0.15) is 12.5 Å². The van der Waals surface area contributed by atoms with Gasteiger partial charge in [0.2, 0.25) is 5.78 Å². The molecule has 0 amide bonds. The minimum atomic E-state index is -0.804. The Bertz CT molecular complexity index is 354. The van der Waals surface area contributed by atoms with Gasteiger partial charge in [-0.2, -0.15) is 0 Å². The molecule has 0 bridgehead atoms. The Hall–Kier alpha value is -1.57. The zero-order valence-electron chi connectivity index (χ0n) is 7.36. The summed E-state index contributed by atoms with van der Waals surface area (Å²) in [5.41, 5.74) is 0.0892. The van der Waals surface area contributed by atoms with Crippen molar-refractivity contribution in [3.8, 4) is 0 Å². The zero-order valence-corrected chi connectivity index (χ0v) is 7.36. The van der Waals surface area contributed by atoms with Gasteiger partial charge in [-0.1, -0.05) is 30.3 Å². The lowest BCUT2D eigenvalue weighted by atomic mass is 9.92. The van der Waals surface area contributed by atoms with E-state index in [2.05, 4.69) is 0 Å². The number of ether oxygens (including phenoxy) is 1. The Morgan fingerprint density at radius 2 is 1.92 bits per heavy atom. The first-order valence-corrected chi connectivity index (χ1v) is 4.18. The Morgan fingerprint density at radius 3 is 2.46 bits per heavy atom. The topological polar surface area (TPSA) is 26.3 Å². The van der Waals surface area contributed by atoms with Gasteiger partial charge >= 0.3 is 0 Å². The van der Waals surface area contributed by atoms with Crippen molar-refractivity contribution in [1.82, 2.24) is 0 Å². The summed E-state index contributed by atoms with van der Waals surface area (Å²) in [5, 5.41) is 0. The van der Waals surface area contributed by atoms with Gasteiger partial charge in [0.25, 0.3) is 0 Å². The quantitative estimate of drug-likeness (QED) is 0.651. The molecule has 0 radical (unpaired) electrons. The fraction of sp³-hybridized carbons (Fsp3) is 0.182. The molecule has 0 fully saturated rings. The van der Waals surface area contributed by atoms with Crippen LogP contribution in [-0.2, 0) is 15.1 Å². The monoisotopic (exact) mass is 174 g/mol. The van der Waals surface area contributed by atoms with Gasteiger partial charge in [0, 0.05) is 11.6 Å². The van der Waals surface area contributed by atoms with Crippen LogP contribution in [-0.4, -0.2) is 5.78 Å². The first-order valence-electron chi connectivity index (χ1n) is 4.18. The molecule has 1 aliphatic rings. The number of benzene rings is 1. The molecule has 66 valence electrons. The van der Waals surface area contributed by atoms with Crippen LogP contribution < -0.4 is 0 Å². The van der Waals surface area contributed by atoms with Crippen LogP contribution in [0.4, 0.5) is 0 Å². The van der Waals surface area contributed by atoms with Crippen LogP contribution in [0.2, 0.25) is 0 Å². The third kappa shape index (κ3) is 1.15. The van der Waals surface area contributed by atoms with Crippen LogP contribution in [0.15, 0.2) is 42.7 Å². The summed E-state index contributed by atoms with van der Waals surface area (Å²) in [5.74, 6) is -0.00120. The average Bonchev–Trinajstić information content (AvgIpc) is 2.50. The highest BCUT2D eigenvalue weighted by Crippen LogP contribution is 2.30. The van der Waals surface area contributed by atoms with E-state index >= 15 is 0 Å². The molecule has 1 aliphatic heterocycles. The number of carbonyl (C=O) groups is 1. The molecule has 0 saturated heterocycles. The second-order valence-corrected chi connectivity index (χ2v) is 3.18. The fourth-order valence-corrected chi connectivity index (χ4v) is 1.42. The summed E-state index contributed by atoms with van der Waals surface area (Å²) in [6.07, 6.45) is 2.92. The van der Waals surface area contributed by atoms with Crippen molar-refractivity contribution in [2.75, 3.05) is 0 Å². The molecule has 0 N–H and O–H groups in total. The smallest absolute Gasteiger partial charge is 0.206 e. The molecule has 13 heavy (non-hydrogen) atoms. The van der Waals surface area contributed by atoms with Crippen molar-refractivity contribution in [3.05, 3.63) is 48.2 Å². The van der Waals surface area contributed by atoms with E-state index < -0.39 is 5.60 Å². The zero-order chi connectivity index (χ0) is 9.31. The number of ketones is 1. The van der Waals surface area contributed by atoms with E-state index in [-0.39, 0.29) is 5.78 Å². The van der Waals surface area contributed by atoms with E-state index in [0.29, 0.717) is 0 Å². The lowest BCUT2D eigenvalue weighted by Crippen LogP contribution is -2.28. The van der Waals surface area contributed by atoms with Gasteiger partial charge in [-0.15, -0.1) is 0 Å². The van der Waals surface area contributed by atoms with E-state index in [1.54, 1.807) is 6.92 Å². The standard InChI is InChI=1S/C11H10O2/c1-11(10(12)7-8-13-11)9-5-3-2-4-6-9/h2-8H,1H3. The number of hydrogen-bond donors (Lipinski definition) is 0. The van der Waals surface area contributed by atoms with Crippen LogP contribution in [0, 0.1) is 0 Å². The van der Waals surface area contributed by atoms with Gasteiger partial charge in [0.1, 0.15) is 0 Å². The van der Waals surface area contributed by atoms with Gasteiger partial charge in [0.05, 0.1) is 6.26 Å². The van der Waals surface area contributed by atoms with Crippen LogP contribution in [0.5, 0.6) is 0 Å². The van der Waals surface area contributed by atoms with Crippen molar-refractivity contribution in [1.29, 1.82) is 0 Å². The molecule has 1 aromatic carbocycles. The molecule has 2 heteroatoms. The van der Waals surface area contributed by atoms with Crippen molar-refractivity contribution in [2.24, 2.45) is 0 Å². The number of carbonyl (C=O) groups excluding carboxylic acids is 1. The van der Waals surface area contributed by atoms with Crippen molar-refractivity contribution in [3.63, 3.8) is 0 Å². The summed E-state index contributed by atoms with van der Waals surface area (Å²) in [6, 6.07) is 9.50.